The van der Waals surface area contributed by atoms with Crippen LogP contribution in [0.25, 0.3) is 0 Å². The lowest BCUT2D eigenvalue weighted by Crippen LogP contribution is -2.01. The molecule has 2 N–H and O–H groups in total. The van der Waals surface area contributed by atoms with Gasteiger partial charge in [0.05, 0.1) is 11.3 Å². The number of aromatic carboxylic acids is 1. The maximum atomic E-state index is 11.0. The van der Waals surface area contributed by atoms with Crippen molar-refractivity contribution in [3.05, 3.63) is 96.1 Å². The van der Waals surface area contributed by atoms with Crippen molar-refractivity contribution in [2.45, 2.75) is 6.61 Å². The van der Waals surface area contributed by atoms with Crippen LogP contribution in [0.5, 0.6) is 0 Å². The number of ether oxygens (including phenoxy) is 1. The topological polar surface area (TPSA) is 75.6 Å². The average molecular weight is 349 g/mol. The maximum Gasteiger partial charge on any atom is 0.337 e. The summed E-state index contributed by atoms with van der Waals surface area (Å²) in [6.45, 7) is 0.817. The number of carboxylic acid groups (broad SMARTS) is 1. The van der Waals surface area contributed by atoms with Gasteiger partial charge in [0.15, 0.2) is 0 Å². The number of anilines is 2. The fourth-order valence-electron chi connectivity index (χ4n) is 2.16. The first-order valence-corrected chi connectivity index (χ1v) is 7.94. The number of benzene rings is 3. The Balaban J connectivity index is 0.000000209. The number of carbonyl (C=O) groups excluding carboxylic acids is 1. The normalized spacial score (nSPS) is 9.38. The molecule has 26 heavy (non-hydrogen) atoms. The molecule has 3 aromatic carbocycles. The molecule has 0 atom stereocenters. The lowest BCUT2D eigenvalue weighted by molar-refractivity contribution is -0.129. The van der Waals surface area contributed by atoms with Gasteiger partial charge in [0.2, 0.25) is 0 Å². The van der Waals surface area contributed by atoms with E-state index in [0.717, 1.165) is 11.3 Å². The Bertz CT molecular complexity index is 820. The molecule has 0 saturated heterocycles. The molecule has 0 heterocycles. The Hall–Kier alpha value is -3.60. The second kappa shape index (κ2) is 10.3. The largest absolute Gasteiger partial charge is 0.478 e. The number of hydrogen-bond donors (Lipinski definition) is 2. The molecular formula is C21H19NO4. The van der Waals surface area contributed by atoms with Crippen LogP contribution in [0.4, 0.5) is 11.4 Å². The van der Waals surface area contributed by atoms with Crippen molar-refractivity contribution in [3.8, 4) is 0 Å². The predicted molar refractivity (Wildman–Crippen MR) is 100 cm³/mol. The van der Waals surface area contributed by atoms with Crippen molar-refractivity contribution < 1.29 is 19.4 Å². The van der Waals surface area contributed by atoms with E-state index in [1.54, 1.807) is 24.3 Å². The molecule has 0 unspecified atom stereocenters. The summed E-state index contributed by atoms with van der Waals surface area (Å²) in [6.07, 6.45) is 0. The van der Waals surface area contributed by atoms with E-state index in [4.69, 9.17) is 5.11 Å². The van der Waals surface area contributed by atoms with Crippen molar-refractivity contribution in [2.24, 2.45) is 0 Å². The lowest BCUT2D eigenvalue weighted by Gasteiger charge is -2.08. The van der Waals surface area contributed by atoms with Crippen molar-refractivity contribution in [2.75, 3.05) is 5.32 Å². The minimum absolute atomic E-state index is 0.270. The highest BCUT2D eigenvalue weighted by atomic mass is 16.5. The first kappa shape index (κ1) is 18.7. The highest BCUT2D eigenvalue weighted by Crippen LogP contribution is 2.20. The Labute approximate surface area is 151 Å². The van der Waals surface area contributed by atoms with E-state index >= 15 is 0 Å². The second-order valence-electron chi connectivity index (χ2n) is 5.23. The Kier molecular flexibility index (Phi) is 7.42. The summed E-state index contributed by atoms with van der Waals surface area (Å²) in [5, 5.41) is 12.1. The standard InChI is InChI=1S/C13H11NO2.C8H8O2/c15-13(16)11-8-4-5-9-12(11)14-10-6-2-1-3-7-10;9-7-10-6-8-4-2-1-3-5-8/h1-9,14H,(H,15,16);1-5,7H,6H2. The molecule has 0 spiro atoms. The zero-order chi connectivity index (χ0) is 18.6. The molecule has 5 heteroatoms. The fourth-order valence-corrected chi connectivity index (χ4v) is 2.16. The van der Waals surface area contributed by atoms with Gasteiger partial charge in [-0.3, -0.25) is 4.79 Å². The SMILES string of the molecule is O=C(O)c1ccccc1Nc1ccccc1.O=COCc1ccccc1. The first-order valence-electron chi connectivity index (χ1n) is 7.94. The van der Waals surface area contributed by atoms with Crippen molar-refractivity contribution in [1.29, 1.82) is 0 Å². The lowest BCUT2D eigenvalue weighted by atomic mass is 10.1. The summed E-state index contributed by atoms with van der Waals surface area (Å²) in [5.74, 6) is -0.931. The quantitative estimate of drug-likeness (QED) is 0.641. The third-order valence-electron chi connectivity index (χ3n) is 3.37. The molecule has 0 amide bonds. The highest BCUT2D eigenvalue weighted by Gasteiger charge is 2.08. The summed E-state index contributed by atoms with van der Waals surface area (Å²) in [5.41, 5.74) is 2.75. The summed E-state index contributed by atoms with van der Waals surface area (Å²) >= 11 is 0. The summed E-state index contributed by atoms with van der Waals surface area (Å²) < 4.78 is 4.54. The van der Waals surface area contributed by atoms with Gasteiger partial charge in [-0.1, -0.05) is 60.7 Å². The zero-order valence-corrected chi connectivity index (χ0v) is 14.0. The number of nitrogens with one attached hydrogen (secondary N) is 1. The van der Waals surface area contributed by atoms with Gasteiger partial charge in [-0.05, 0) is 29.8 Å². The van der Waals surface area contributed by atoms with Gasteiger partial charge >= 0.3 is 5.97 Å². The molecule has 0 radical (unpaired) electrons. The monoisotopic (exact) mass is 349 g/mol. The number of para-hydroxylation sites is 2. The van der Waals surface area contributed by atoms with Crippen LogP contribution < -0.4 is 5.32 Å². The van der Waals surface area contributed by atoms with Crippen LogP contribution in [0.2, 0.25) is 0 Å². The molecular weight excluding hydrogens is 330 g/mol. The smallest absolute Gasteiger partial charge is 0.337 e. The average Bonchev–Trinajstić information content (AvgIpc) is 2.69. The third kappa shape index (κ3) is 6.13. The zero-order valence-electron chi connectivity index (χ0n) is 14.0. The van der Waals surface area contributed by atoms with Crippen molar-refractivity contribution in [3.63, 3.8) is 0 Å². The minimum atomic E-state index is -0.931. The Morgan fingerprint density at radius 2 is 1.46 bits per heavy atom. The van der Waals surface area contributed by atoms with Crippen LogP contribution in [-0.2, 0) is 16.1 Å². The Morgan fingerprint density at radius 3 is 2.08 bits per heavy atom. The van der Waals surface area contributed by atoms with E-state index in [9.17, 15) is 9.59 Å². The first-order chi connectivity index (χ1) is 12.7. The van der Waals surface area contributed by atoms with Crippen molar-refractivity contribution in [1.82, 2.24) is 0 Å². The third-order valence-corrected chi connectivity index (χ3v) is 3.37. The molecule has 132 valence electrons. The number of carboxylic acids is 1. The number of rotatable bonds is 6. The van der Waals surface area contributed by atoms with Gasteiger partial charge in [-0.15, -0.1) is 0 Å². The van der Waals surface area contributed by atoms with Gasteiger partial charge in [-0.2, -0.15) is 0 Å². The van der Waals surface area contributed by atoms with Gasteiger partial charge in [0.1, 0.15) is 6.61 Å². The maximum absolute atomic E-state index is 11.0. The molecule has 0 aliphatic rings. The summed E-state index contributed by atoms with van der Waals surface area (Å²) in [4.78, 5) is 20.7. The summed E-state index contributed by atoms with van der Waals surface area (Å²) in [6, 6.07) is 25.9. The van der Waals surface area contributed by atoms with Crippen LogP contribution >= 0.6 is 0 Å². The summed E-state index contributed by atoms with van der Waals surface area (Å²) in [7, 11) is 0. The van der Waals surface area contributed by atoms with Crippen molar-refractivity contribution >= 4 is 23.8 Å². The van der Waals surface area contributed by atoms with Crippen LogP contribution in [-0.4, -0.2) is 17.5 Å². The molecule has 0 bridgehead atoms. The second-order valence-corrected chi connectivity index (χ2v) is 5.23. The number of carbonyl (C=O) groups is 2. The van der Waals surface area contributed by atoms with E-state index in [0.29, 0.717) is 18.8 Å². The van der Waals surface area contributed by atoms with Crippen LogP contribution in [0.3, 0.4) is 0 Å². The van der Waals surface area contributed by atoms with Gasteiger partial charge in [-0.25, -0.2) is 4.79 Å². The molecule has 0 aliphatic carbocycles. The molecule has 0 fully saturated rings. The molecule has 0 aromatic heterocycles. The number of hydrogen-bond acceptors (Lipinski definition) is 4. The Morgan fingerprint density at radius 1 is 0.885 bits per heavy atom. The van der Waals surface area contributed by atoms with Gasteiger partial charge in [0.25, 0.3) is 6.47 Å². The fraction of sp³-hybridized carbons (Fsp3) is 0.0476. The van der Waals surface area contributed by atoms with Crippen LogP contribution in [0, 0.1) is 0 Å². The minimum Gasteiger partial charge on any atom is -0.478 e. The van der Waals surface area contributed by atoms with Crippen LogP contribution in [0.15, 0.2) is 84.9 Å². The van der Waals surface area contributed by atoms with E-state index in [1.807, 2.05) is 60.7 Å². The molecule has 0 saturated carbocycles. The van der Waals surface area contributed by atoms with E-state index in [1.165, 1.54) is 0 Å². The molecule has 3 aromatic rings. The van der Waals surface area contributed by atoms with Gasteiger partial charge in [0, 0.05) is 5.69 Å². The highest BCUT2D eigenvalue weighted by molar-refractivity contribution is 5.95. The molecule has 0 aliphatic heterocycles. The predicted octanol–water partition coefficient (Wildman–Crippen LogP) is 4.49. The van der Waals surface area contributed by atoms with Gasteiger partial charge < -0.3 is 15.2 Å². The molecule has 3 rings (SSSR count). The van der Waals surface area contributed by atoms with E-state index in [2.05, 4.69) is 10.1 Å². The van der Waals surface area contributed by atoms with E-state index in [-0.39, 0.29) is 5.56 Å². The van der Waals surface area contributed by atoms with Crippen LogP contribution in [0.1, 0.15) is 15.9 Å². The molecule has 5 nitrogen and oxygen atoms in total. The van der Waals surface area contributed by atoms with E-state index < -0.39 is 5.97 Å².